The molecule has 1 aliphatic rings. The van der Waals surface area contributed by atoms with Gasteiger partial charge in [-0.3, -0.25) is 9.69 Å². The molecular weight excluding hydrogens is 410 g/mol. The van der Waals surface area contributed by atoms with E-state index in [0.717, 1.165) is 73.0 Å². The molecule has 31 heavy (non-hydrogen) atoms. The van der Waals surface area contributed by atoms with E-state index in [9.17, 15) is 4.79 Å². The van der Waals surface area contributed by atoms with Crippen LogP contribution in [-0.2, 0) is 6.42 Å². The number of anilines is 1. The lowest BCUT2D eigenvalue weighted by atomic mass is 10.2. The van der Waals surface area contributed by atoms with Crippen molar-refractivity contribution in [2.75, 3.05) is 50.6 Å². The van der Waals surface area contributed by atoms with Gasteiger partial charge in [0, 0.05) is 37.5 Å². The van der Waals surface area contributed by atoms with Gasteiger partial charge in [0.1, 0.15) is 16.4 Å². The van der Waals surface area contributed by atoms with Crippen molar-refractivity contribution in [1.82, 2.24) is 14.6 Å². The van der Waals surface area contributed by atoms with Crippen LogP contribution in [0.2, 0.25) is 0 Å². The number of unbranched alkanes of at least 4 members (excludes halogenated alkanes) is 1. The third-order valence-electron chi connectivity index (χ3n) is 6.23. The minimum Gasteiger partial charge on any atom is -0.495 e. The van der Waals surface area contributed by atoms with Gasteiger partial charge >= 0.3 is 0 Å². The molecule has 0 amide bonds. The van der Waals surface area contributed by atoms with Crippen LogP contribution in [0.1, 0.15) is 29.1 Å². The lowest BCUT2D eigenvalue weighted by Crippen LogP contribution is -2.46. The van der Waals surface area contributed by atoms with Crippen LogP contribution in [0.4, 0.5) is 5.69 Å². The molecule has 1 saturated heterocycles. The number of nitrogen functional groups attached to an aromatic ring is 1. The number of para-hydroxylation sites is 2. The lowest BCUT2D eigenvalue weighted by Gasteiger charge is -2.36. The first kappa shape index (κ1) is 21.6. The number of nitrogens with zero attached hydrogens (tertiary/aromatic N) is 4. The van der Waals surface area contributed by atoms with Gasteiger partial charge in [0.2, 0.25) is 0 Å². The Hall–Kier alpha value is -2.58. The smallest absolute Gasteiger partial charge is 0.280 e. The molecule has 1 aliphatic heterocycles. The van der Waals surface area contributed by atoms with Gasteiger partial charge in [-0.2, -0.15) is 0 Å². The van der Waals surface area contributed by atoms with Gasteiger partial charge in [-0.1, -0.05) is 12.1 Å². The molecule has 2 N–H and O–H groups in total. The highest BCUT2D eigenvalue weighted by atomic mass is 32.1. The van der Waals surface area contributed by atoms with Crippen molar-refractivity contribution < 1.29 is 4.74 Å². The van der Waals surface area contributed by atoms with E-state index < -0.39 is 0 Å². The Kier molecular flexibility index (Phi) is 6.48. The topological polar surface area (TPSA) is 76.6 Å². The standard InChI is InChI=1S/C23H31N5O2S/c1-16-17(2)31-22-21(16)23(29)28(24)20(25-22)10-6-7-11-26-12-14-27(15-13-26)18-8-4-5-9-19(18)30-3/h4-5,8-9H,6-7,10-15,24H2,1-3H3. The molecule has 166 valence electrons. The van der Waals surface area contributed by atoms with Gasteiger partial charge in [-0.25, -0.2) is 9.66 Å². The molecule has 0 spiro atoms. The number of aromatic nitrogens is 2. The zero-order chi connectivity index (χ0) is 22.0. The molecule has 0 radical (unpaired) electrons. The van der Waals surface area contributed by atoms with Crippen LogP contribution in [0.15, 0.2) is 29.1 Å². The van der Waals surface area contributed by atoms with E-state index in [4.69, 9.17) is 10.6 Å². The summed E-state index contributed by atoms with van der Waals surface area (Å²) in [7, 11) is 1.73. The van der Waals surface area contributed by atoms with Gasteiger partial charge < -0.3 is 15.5 Å². The quantitative estimate of drug-likeness (QED) is 0.449. The molecule has 3 heterocycles. The molecule has 0 atom stereocenters. The predicted octanol–water partition coefficient (Wildman–Crippen LogP) is 2.94. The van der Waals surface area contributed by atoms with Crippen molar-refractivity contribution in [1.29, 1.82) is 0 Å². The Morgan fingerprint density at radius 3 is 2.61 bits per heavy atom. The fraction of sp³-hybridized carbons (Fsp3) is 0.478. The van der Waals surface area contributed by atoms with E-state index in [-0.39, 0.29) is 5.56 Å². The minimum atomic E-state index is -0.130. The molecule has 4 rings (SSSR count). The summed E-state index contributed by atoms with van der Waals surface area (Å²) in [5, 5.41) is 0.668. The molecule has 1 fully saturated rings. The van der Waals surface area contributed by atoms with Gasteiger partial charge in [0.05, 0.1) is 18.2 Å². The fourth-order valence-electron chi connectivity index (χ4n) is 4.25. The fourth-order valence-corrected chi connectivity index (χ4v) is 5.29. The summed E-state index contributed by atoms with van der Waals surface area (Å²) in [5.41, 5.74) is 2.04. The molecule has 0 aliphatic carbocycles. The van der Waals surface area contributed by atoms with E-state index >= 15 is 0 Å². The van der Waals surface area contributed by atoms with Gasteiger partial charge in [-0.15, -0.1) is 11.3 Å². The highest BCUT2D eigenvalue weighted by Crippen LogP contribution is 2.28. The summed E-state index contributed by atoms with van der Waals surface area (Å²) in [6, 6.07) is 8.21. The Morgan fingerprint density at radius 2 is 1.87 bits per heavy atom. The predicted molar refractivity (Wildman–Crippen MR) is 128 cm³/mol. The van der Waals surface area contributed by atoms with Crippen LogP contribution in [0, 0.1) is 13.8 Å². The number of methoxy groups -OCH3 is 1. The summed E-state index contributed by atoms with van der Waals surface area (Å²) >= 11 is 1.58. The summed E-state index contributed by atoms with van der Waals surface area (Å²) in [6.45, 7) is 9.11. The maximum Gasteiger partial charge on any atom is 0.280 e. The zero-order valence-corrected chi connectivity index (χ0v) is 19.4. The molecule has 1 aromatic carbocycles. The second kappa shape index (κ2) is 9.28. The largest absolute Gasteiger partial charge is 0.495 e. The molecule has 0 unspecified atom stereocenters. The Bertz CT molecular complexity index is 1120. The van der Waals surface area contributed by atoms with Crippen LogP contribution >= 0.6 is 11.3 Å². The number of thiophene rings is 1. The van der Waals surface area contributed by atoms with Crippen molar-refractivity contribution in [3.8, 4) is 5.75 Å². The second-order valence-corrected chi connectivity index (χ2v) is 9.33. The van der Waals surface area contributed by atoms with Crippen LogP contribution in [0.25, 0.3) is 10.2 Å². The van der Waals surface area contributed by atoms with E-state index in [1.54, 1.807) is 18.4 Å². The third kappa shape index (κ3) is 4.41. The number of hydrogen-bond acceptors (Lipinski definition) is 7. The first-order chi connectivity index (χ1) is 15.0. The van der Waals surface area contributed by atoms with Crippen molar-refractivity contribution in [3.05, 3.63) is 50.9 Å². The maximum absolute atomic E-state index is 12.6. The Labute approximate surface area is 187 Å². The number of piperazine rings is 1. The number of nitrogens with two attached hydrogens (primary N) is 1. The monoisotopic (exact) mass is 441 g/mol. The summed E-state index contributed by atoms with van der Waals surface area (Å²) in [5.74, 6) is 7.68. The van der Waals surface area contributed by atoms with Crippen molar-refractivity contribution >= 4 is 27.2 Å². The number of hydrogen-bond donors (Lipinski definition) is 1. The number of aryl methyl sites for hydroxylation is 3. The summed E-state index contributed by atoms with van der Waals surface area (Å²) in [6.07, 6.45) is 2.75. The molecule has 7 nitrogen and oxygen atoms in total. The van der Waals surface area contributed by atoms with Crippen molar-refractivity contribution in [2.45, 2.75) is 33.1 Å². The van der Waals surface area contributed by atoms with Gasteiger partial charge in [-0.05, 0) is 50.9 Å². The molecule has 0 bridgehead atoms. The molecule has 8 heteroatoms. The molecule has 0 saturated carbocycles. The number of benzene rings is 1. The number of ether oxygens (including phenoxy) is 1. The third-order valence-corrected chi connectivity index (χ3v) is 7.33. The number of rotatable bonds is 7. The first-order valence-corrected chi connectivity index (χ1v) is 11.7. The van der Waals surface area contributed by atoms with Crippen LogP contribution < -0.4 is 21.0 Å². The SMILES string of the molecule is COc1ccccc1N1CCN(CCCCc2nc3sc(C)c(C)c3c(=O)n2N)CC1. The highest BCUT2D eigenvalue weighted by molar-refractivity contribution is 7.18. The van der Waals surface area contributed by atoms with Crippen LogP contribution in [0.3, 0.4) is 0 Å². The zero-order valence-electron chi connectivity index (χ0n) is 18.6. The van der Waals surface area contributed by atoms with Crippen molar-refractivity contribution in [2.24, 2.45) is 0 Å². The number of fused-ring (bicyclic) bond motifs is 1. The average molecular weight is 442 g/mol. The van der Waals surface area contributed by atoms with Gasteiger partial charge in [0.25, 0.3) is 5.56 Å². The van der Waals surface area contributed by atoms with E-state index in [1.807, 2.05) is 26.0 Å². The molecule has 2 aromatic heterocycles. The normalized spacial score (nSPS) is 15.0. The molecular formula is C23H31N5O2S. The van der Waals surface area contributed by atoms with Crippen LogP contribution in [0.5, 0.6) is 5.75 Å². The average Bonchev–Trinajstić information content (AvgIpc) is 3.08. The van der Waals surface area contributed by atoms with E-state index in [2.05, 4.69) is 26.9 Å². The Balaban J connectivity index is 1.28. The maximum atomic E-state index is 12.6. The van der Waals surface area contributed by atoms with Gasteiger partial charge in [0.15, 0.2) is 0 Å². The second-order valence-electron chi connectivity index (χ2n) is 8.12. The molecule has 3 aromatic rings. The van der Waals surface area contributed by atoms with E-state index in [1.165, 1.54) is 10.4 Å². The van der Waals surface area contributed by atoms with E-state index in [0.29, 0.717) is 11.2 Å². The minimum absolute atomic E-state index is 0.130. The van der Waals surface area contributed by atoms with Crippen molar-refractivity contribution in [3.63, 3.8) is 0 Å². The Morgan fingerprint density at radius 1 is 1.13 bits per heavy atom. The first-order valence-electron chi connectivity index (χ1n) is 10.9. The lowest BCUT2D eigenvalue weighted by molar-refractivity contribution is 0.252. The summed E-state index contributed by atoms with van der Waals surface area (Å²) < 4.78 is 6.75. The highest BCUT2D eigenvalue weighted by Gasteiger charge is 2.19. The van der Waals surface area contributed by atoms with Crippen LogP contribution in [-0.4, -0.2) is 54.4 Å². The summed E-state index contributed by atoms with van der Waals surface area (Å²) in [4.78, 5) is 24.2.